The summed E-state index contributed by atoms with van der Waals surface area (Å²) in [5, 5.41) is 5.14. The molecule has 1 unspecified atom stereocenters. The highest BCUT2D eigenvalue weighted by Crippen LogP contribution is 2.41. The van der Waals surface area contributed by atoms with Gasteiger partial charge in [-0.25, -0.2) is 0 Å². The highest BCUT2D eigenvalue weighted by atomic mass is 32.1. The number of carbonyl (C=O) groups is 1. The lowest BCUT2D eigenvalue weighted by molar-refractivity contribution is -0.123. The van der Waals surface area contributed by atoms with E-state index in [4.69, 9.17) is 10.5 Å². The van der Waals surface area contributed by atoms with E-state index in [1.165, 1.54) is 24.1 Å². The summed E-state index contributed by atoms with van der Waals surface area (Å²) in [6, 6.07) is 3.70. The van der Waals surface area contributed by atoms with Crippen LogP contribution < -0.4 is 11.1 Å². The lowest BCUT2D eigenvalue weighted by Gasteiger charge is -2.37. The van der Waals surface area contributed by atoms with E-state index < -0.39 is 6.04 Å². The SMILES string of the molecule is COCC(N)C(=O)NCC1(c2cccs2)CCCCC1. The average Bonchev–Trinajstić information content (AvgIpc) is 3.01. The third-order valence-electron chi connectivity index (χ3n) is 4.14. The van der Waals surface area contributed by atoms with E-state index in [1.54, 1.807) is 18.4 Å². The third kappa shape index (κ3) is 3.59. The monoisotopic (exact) mass is 296 g/mol. The molecule has 112 valence electrons. The van der Waals surface area contributed by atoms with E-state index in [9.17, 15) is 4.79 Å². The van der Waals surface area contributed by atoms with Crippen LogP contribution in [-0.2, 0) is 14.9 Å². The van der Waals surface area contributed by atoms with Crippen molar-refractivity contribution in [3.8, 4) is 0 Å². The van der Waals surface area contributed by atoms with Crippen molar-refractivity contribution in [1.82, 2.24) is 5.32 Å². The van der Waals surface area contributed by atoms with E-state index in [1.807, 2.05) is 0 Å². The first-order chi connectivity index (χ1) is 9.68. The van der Waals surface area contributed by atoms with Crippen molar-refractivity contribution in [3.63, 3.8) is 0 Å². The van der Waals surface area contributed by atoms with Gasteiger partial charge in [0, 0.05) is 23.9 Å². The molecule has 0 saturated heterocycles. The fourth-order valence-electron chi connectivity index (χ4n) is 2.96. The molecular formula is C15H24N2O2S. The molecule has 0 spiro atoms. The molecule has 1 atom stereocenters. The van der Waals surface area contributed by atoms with Gasteiger partial charge in [-0.15, -0.1) is 11.3 Å². The molecule has 1 fully saturated rings. The molecule has 0 aliphatic heterocycles. The van der Waals surface area contributed by atoms with Crippen LogP contribution in [0.1, 0.15) is 37.0 Å². The summed E-state index contributed by atoms with van der Waals surface area (Å²) in [6.45, 7) is 0.946. The van der Waals surface area contributed by atoms with Gasteiger partial charge < -0.3 is 15.8 Å². The maximum Gasteiger partial charge on any atom is 0.239 e. The molecule has 0 bridgehead atoms. The standard InChI is InChI=1S/C15H24N2O2S/c1-19-10-12(16)14(18)17-11-15(7-3-2-4-8-15)13-6-5-9-20-13/h5-6,9,12H,2-4,7-8,10-11,16H2,1H3,(H,17,18). The predicted octanol–water partition coefficient (Wildman–Crippen LogP) is 2.04. The number of rotatable bonds is 6. The summed E-state index contributed by atoms with van der Waals surface area (Å²) in [7, 11) is 1.56. The normalized spacial score (nSPS) is 19.5. The Morgan fingerprint density at radius 3 is 2.85 bits per heavy atom. The zero-order valence-electron chi connectivity index (χ0n) is 12.1. The van der Waals surface area contributed by atoms with Gasteiger partial charge in [0.2, 0.25) is 5.91 Å². The Morgan fingerprint density at radius 2 is 2.25 bits per heavy atom. The van der Waals surface area contributed by atoms with Gasteiger partial charge in [-0.1, -0.05) is 25.3 Å². The molecule has 0 aromatic carbocycles. The minimum atomic E-state index is -0.580. The first-order valence-electron chi connectivity index (χ1n) is 7.24. The lowest BCUT2D eigenvalue weighted by Crippen LogP contribution is -2.48. The van der Waals surface area contributed by atoms with Gasteiger partial charge in [0.25, 0.3) is 0 Å². The number of carbonyl (C=O) groups excluding carboxylic acids is 1. The molecule has 5 heteroatoms. The fourth-order valence-corrected chi connectivity index (χ4v) is 3.95. The first kappa shape index (κ1) is 15.5. The second-order valence-corrected chi connectivity index (χ2v) is 6.55. The number of nitrogens with two attached hydrogens (primary N) is 1. The summed E-state index contributed by atoms with van der Waals surface area (Å²) in [4.78, 5) is 13.4. The summed E-state index contributed by atoms with van der Waals surface area (Å²) < 4.78 is 4.93. The van der Waals surface area contributed by atoms with Gasteiger partial charge >= 0.3 is 0 Å². The maximum atomic E-state index is 12.0. The second-order valence-electron chi connectivity index (χ2n) is 5.60. The lowest BCUT2D eigenvalue weighted by atomic mass is 9.73. The number of methoxy groups -OCH3 is 1. The van der Waals surface area contributed by atoms with Crippen LogP contribution in [0.5, 0.6) is 0 Å². The Bertz CT molecular complexity index is 414. The predicted molar refractivity (Wildman–Crippen MR) is 81.9 cm³/mol. The first-order valence-corrected chi connectivity index (χ1v) is 8.12. The molecule has 0 radical (unpaired) electrons. The molecule has 1 heterocycles. The van der Waals surface area contributed by atoms with Crippen LogP contribution in [0.3, 0.4) is 0 Å². The number of hydrogen-bond acceptors (Lipinski definition) is 4. The Morgan fingerprint density at radius 1 is 1.50 bits per heavy atom. The fraction of sp³-hybridized carbons (Fsp3) is 0.667. The molecule has 2 rings (SSSR count). The van der Waals surface area contributed by atoms with E-state index in [0.717, 1.165) is 12.8 Å². The molecular weight excluding hydrogens is 272 g/mol. The highest BCUT2D eigenvalue weighted by Gasteiger charge is 2.35. The molecule has 1 aliphatic rings. The quantitative estimate of drug-likeness (QED) is 0.844. The van der Waals surface area contributed by atoms with E-state index in [2.05, 4.69) is 22.8 Å². The molecule has 1 amide bonds. The van der Waals surface area contributed by atoms with E-state index in [0.29, 0.717) is 6.54 Å². The topological polar surface area (TPSA) is 64.3 Å². The zero-order valence-corrected chi connectivity index (χ0v) is 12.9. The van der Waals surface area contributed by atoms with E-state index in [-0.39, 0.29) is 17.9 Å². The van der Waals surface area contributed by atoms with Crippen molar-refractivity contribution >= 4 is 17.2 Å². The largest absolute Gasteiger partial charge is 0.383 e. The van der Waals surface area contributed by atoms with Crippen LogP contribution in [0.25, 0.3) is 0 Å². The average molecular weight is 296 g/mol. The molecule has 4 nitrogen and oxygen atoms in total. The minimum Gasteiger partial charge on any atom is -0.383 e. The Balaban J connectivity index is 2.00. The summed E-state index contributed by atoms with van der Waals surface area (Å²) in [5.74, 6) is -0.117. The van der Waals surface area contributed by atoms with Gasteiger partial charge in [0.1, 0.15) is 6.04 Å². The van der Waals surface area contributed by atoms with Crippen LogP contribution in [0.2, 0.25) is 0 Å². The molecule has 1 saturated carbocycles. The van der Waals surface area contributed by atoms with Crippen LogP contribution in [0.4, 0.5) is 0 Å². The van der Waals surface area contributed by atoms with Crippen LogP contribution in [0, 0.1) is 0 Å². The van der Waals surface area contributed by atoms with Gasteiger partial charge in [0.05, 0.1) is 6.61 Å². The minimum absolute atomic E-state index is 0.106. The van der Waals surface area contributed by atoms with Gasteiger partial charge in [-0.05, 0) is 24.3 Å². The number of nitrogens with one attached hydrogen (secondary N) is 1. The van der Waals surface area contributed by atoms with Crippen LogP contribution >= 0.6 is 11.3 Å². The maximum absolute atomic E-state index is 12.0. The smallest absolute Gasteiger partial charge is 0.239 e. The van der Waals surface area contributed by atoms with Crippen molar-refractivity contribution in [1.29, 1.82) is 0 Å². The van der Waals surface area contributed by atoms with Crippen molar-refractivity contribution in [2.24, 2.45) is 5.73 Å². The number of ether oxygens (including phenoxy) is 1. The molecule has 1 aliphatic carbocycles. The summed E-state index contributed by atoms with van der Waals surface area (Å²) in [5.41, 5.74) is 5.88. The Labute approximate surface area is 124 Å². The van der Waals surface area contributed by atoms with Crippen molar-refractivity contribution in [3.05, 3.63) is 22.4 Å². The van der Waals surface area contributed by atoms with Gasteiger partial charge in [-0.2, -0.15) is 0 Å². The van der Waals surface area contributed by atoms with Gasteiger partial charge in [-0.3, -0.25) is 4.79 Å². The highest BCUT2D eigenvalue weighted by molar-refractivity contribution is 7.10. The summed E-state index contributed by atoms with van der Waals surface area (Å²) >= 11 is 1.79. The molecule has 20 heavy (non-hydrogen) atoms. The Hall–Kier alpha value is -0.910. The van der Waals surface area contributed by atoms with Crippen LogP contribution in [-0.4, -0.2) is 32.2 Å². The zero-order chi connectivity index (χ0) is 14.4. The molecule has 3 N–H and O–H groups in total. The summed E-state index contributed by atoms with van der Waals surface area (Å²) in [6.07, 6.45) is 6.06. The number of thiophene rings is 1. The van der Waals surface area contributed by atoms with E-state index >= 15 is 0 Å². The van der Waals surface area contributed by atoms with Gasteiger partial charge in [0.15, 0.2) is 0 Å². The Kier molecular flexibility index (Phi) is 5.57. The number of amides is 1. The molecule has 1 aromatic rings. The van der Waals surface area contributed by atoms with Crippen molar-refractivity contribution in [2.75, 3.05) is 20.3 Å². The van der Waals surface area contributed by atoms with Crippen molar-refractivity contribution in [2.45, 2.75) is 43.6 Å². The number of hydrogen-bond donors (Lipinski definition) is 2. The third-order valence-corrected chi connectivity index (χ3v) is 5.25. The molecule has 1 aromatic heterocycles. The van der Waals surface area contributed by atoms with Crippen molar-refractivity contribution < 1.29 is 9.53 Å². The second kappa shape index (κ2) is 7.20. The van der Waals surface area contributed by atoms with Crippen LogP contribution in [0.15, 0.2) is 17.5 Å².